The lowest BCUT2D eigenvalue weighted by Gasteiger charge is -2.25. The molecule has 0 aliphatic carbocycles. The standard InChI is InChI=1S/C31H30ClNO6S/c32-26-9-4-8-25(18-26)30(34)21-33(20-24-6-2-1-3-7-24)17-16-23-12-14-28(15-13-23)40(37,38)29-11-5-10-27(19-29)39-22-31(35)36/h1-15,18-19,30,34H,16-17,20-22H2,(H,35,36). The van der Waals surface area contributed by atoms with Crippen LogP contribution in [0.2, 0.25) is 5.02 Å². The monoisotopic (exact) mass is 579 g/mol. The minimum atomic E-state index is -3.82. The van der Waals surface area contributed by atoms with Gasteiger partial charge in [0.1, 0.15) is 5.75 Å². The molecule has 0 aliphatic heterocycles. The van der Waals surface area contributed by atoms with Crippen molar-refractivity contribution >= 4 is 27.4 Å². The molecular weight excluding hydrogens is 550 g/mol. The van der Waals surface area contributed by atoms with Gasteiger partial charge >= 0.3 is 5.97 Å². The van der Waals surface area contributed by atoms with Gasteiger partial charge in [-0.2, -0.15) is 0 Å². The van der Waals surface area contributed by atoms with Gasteiger partial charge in [0.25, 0.3) is 0 Å². The topological polar surface area (TPSA) is 104 Å². The Bertz CT molecular complexity index is 1530. The fourth-order valence-electron chi connectivity index (χ4n) is 4.28. The van der Waals surface area contributed by atoms with Crippen LogP contribution >= 0.6 is 11.6 Å². The number of carbonyl (C=O) groups is 1. The van der Waals surface area contributed by atoms with Crippen molar-refractivity contribution in [3.8, 4) is 5.75 Å². The molecule has 1 unspecified atom stereocenters. The minimum absolute atomic E-state index is 0.0205. The largest absolute Gasteiger partial charge is 0.482 e. The van der Waals surface area contributed by atoms with E-state index >= 15 is 0 Å². The first kappa shape index (κ1) is 29.3. The average molecular weight is 580 g/mol. The number of rotatable bonds is 13. The lowest BCUT2D eigenvalue weighted by molar-refractivity contribution is -0.139. The van der Waals surface area contributed by atoms with Crippen molar-refractivity contribution in [3.63, 3.8) is 0 Å². The first-order valence-corrected chi connectivity index (χ1v) is 14.6. The van der Waals surface area contributed by atoms with Gasteiger partial charge in [0.15, 0.2) is 6.61 Å². The Hall–Kier alpha value is -3.69. The molecule has 4 aromatic carbocycles. The van der Waals surface area contributed by atoms with Crippen molar-refractivity contribution < 1.29 is 28.2 Å². The third-order valence-corrected chi connectivity index (χ3v) is 8.34. The molecule has 0 amide bonds. The van der Waals surface area contributed by atoms with Gasteiger partial charge in [0.05, 0.1) is 15.9 Å². The lowest BCUT2D eigenvalue weighted by atomic mass is 10.1. The number of aliphatic hydroxyl groups excluding tert-OH is 1. The molecule has 0 fully saturated rings. The number of hydrogen-bond acceptors (Lipinski definition) is 6. The summed E-state index contributed by atoms with van der Waals surface area (Å²) in [5, 5.41) is 20.3. The Morgan fingerprint density at radius 2 is 1.57 bits per heavy atom. The molecule has 0 aliphatic rings. The van der Waals surface area contributed by atoms with Crippen molar-refractivity contribution in [1.29, 1.82) is 0 Å². The summed E-state index contributed by atoms with van der Waals surface area (Å²) >= 11 is 6.12. The third-order valence-electron chi connectivity index (χ3n) is 6.34. The molecule has 7 nitrogen and oxygen atoms in total. The number of aliphatic hydroxyl groups is 1. The Kier molecular flexibility index (Phi) is 9.95. The highest BCUT2D eigenvalue weighted by Crippen LogP contribution is 2.25. The predicted octanol–water partition coefficient (Wildman–Crippen LogP) is 5.41. The molecular formula is C31H30ClNO6S. The highest BCUT2D eigenvalue weighted by atomic mass is 35.5. The third kappa shape index (κ3) is 8.16. The Labute approximate surface area is 239 Å². The molecule has 9 heteroatoms. The van der Waals surface area contributed by atoms with Crippen LogP contribution in [-0.2, 0) is 27.6 Å². The molecule has 4 rings (SSSR count). The normalized spacial score (nSPS) is 12.3. The second-order valence-corrected chi connectivity index (χ2v) is 11.7. The fraction of sp³-hybridized carbons (Fsp3) is 0.194. The number of benzene rings is 4. The van der Waals surface area contributed by atoms with E-state index in [9.17, 15) is 18.3 Å². The lowest BCUT2D eigenvalue weighted by Crippen LogP contribution is -2.30. The molecule has 2 N–H and O–H groups in total. The van der Waals surface area contributed by atoms with Crippen molar-refractivity contribution in [3.05, 3.63) is 125 Å². The van der Waals surface area contributed by atoms with Crippen LogP contribution in [0.4, 0.5) is 0 Å². The van der Waals surface area contributed by atoms with E-state index in [4.69, 9.17) is 21.4 Å². The molecule has 1 atom stereocenters. The second-order valence-electron chi connectivity index (χ2n) is 9.35. The number of sulfone groups is 1. The number of hydrogen-bond donors (Lipinski definition) is 2. The van der Waals surface area contributed by atoms with Gasteiger partial charge in [-0.15, -0.1) is 0 Å². The first-order valence-electron chi connectivity index (χ1n) is 12.7. The van der Waals surface area contributed by atoms with Crippen LogP contribution < -0.4 is 4.74 Å². The number of ether oxygens (including phenoxy) is 1. The molecule has 0 bridgehead atoms. The van der Waals surface area contributed by atoms with Crippen molar-refractivity contribution in [2.24, 2.45) is 0 Å². The second kappa shape index (κ2) is 13.6. The number of carboxylic acid groups (broad SMARTS) is 1. The fourth-order valence-corrected chi connectivity index (χ4v) is 5.77. The zero-order chi connectivity index (χ0) is 28.5. The Morgan fingerprint density at radius 1 is 0.850 bits per heavy atom. The summed E-state index contributed by atoms with van der Waals surface area (Å²) in [5.74, 6) is -0.983. The van der Waals surface area contributed by atoms with E-state index in [0.717, 1.165) is 16.7 Å². The first-order chi connectivity index (χ1) is 19.2. The molecule has 0 saturated heterocycles. The van der Waals surface area contributed by atoms with Gasteiger partial charge in [0.2, 0.25) is 9.84 Å². The van der Waals surface area contributed by atoms with E-state index in [0.29, 0.717) is 31.1 Å². The van der Waals surface area contributed by atoms with Gasteiger partial charge < -0.3 is 14.9 Å². The van der Waals surface area contributed by atoms with E-state index in [1.807, 2.05) is 42.5 Å². The zero-order valence-electron chi connectivity index (χ0n) is 21.7. The molecule has 4 aromatic rings. The van der Waals surface area contributed by atoms with Gasteiger partial charge in [-0.1, -0.05) is 72.3 Å². The maximum atomic E-state index is 13.2. The number of halogens is 1. The summed E-state index contributed by atoms with van der Waals surface area (Å²) in [6, 6.07) is 29.7. The van der Waals surface area contributed by atoms with Crippen LogP contribution in [0.15, 0.2) is 113 Å². The average Bonchev–Trinajstić information content (AvgIpc) is 2.95. The van der Waals surface area contributed by atoms with E-state index in [1.165, 1.54) is 24.3 Å². The van der Waals surface area contributed by atoms with Gasteiger partial charge in [-0.05, 0) is 65.6 Å². The van der Waals surface area contributed by atoms with Crippen molar-refractivity contribution in [2.75, 3.05) is 19.7 Å². The van der Waals surface area contributed by atoms with E-state index in [1.54, 1.807) is 36.4 Å². The molecule has 208 valence electrons. The van der Waals surface area contributed by atoms with Gasteiger partial charge in [-0.3, -0.25) is 4.90 Å². The minimum Gasteiger partial charge on any atom is -0.482 e. The molecule has 0 radical (unpaired) electrons. The maximum absolute atomic E-state index is 13.2. The Morgan fingerprint density at radius 3 is 2.27 bits per heavy atom. The summed E-state index contributed by atoms with van der Waals surface area (Å²) in [6.45, 7) is 1.13. The molecule has 0 saturated carbocycles. The number of aliphatic carboxylic acids is 1. The zero-order valence-corrected chi connectivity index (χ0v) is 23.3. The SMILES string of the molecule is O=C(O)COc1cccc(S(=O)(=O)c2ccc(CCN(Cc3ccccc3)CC(O)c3cccc(Cl)c3)cc2)c1. The van der Waals surface area contributed by atoms with Crippen LogP contribution in [0.5, 0.6) is 5.75 Å². The number of nitrogens with zero attached hydrogens (tertiary/aromatic N) is 1. The Balaban J connectivity index is 1.45. The highest BCUT2D eigenvalue weighted by Gasteiger charge is 2.19. The van der Waals surface area contributed by atoms with Crippen molar-refractivity contribution in [1.82, 2.24) is 4.90 Å². The highest BCUT2D eigenvalue weighted by molar-refractivity contribution is 7.91. The van der Waals surface area contributed by atoms with Crippen LogP contribution in [0.3, 0.4) is 0 Å². The van der Waals surface area contributed by atoms with Crippen LogP contribution in [0, 0.1) is 0 Å². The van der Waals surface area contributed by atoms with Gasteiger partial charge in [-0.25, -0.2) is 13.2 Å². The van der Waals surface area contributed by atoms with Crippen LogP contribution in [0.1, 0.15) is 22.8 Å². The summed E-state index contributed by atoms with van der Waals surface area (Å²) < 4.78 is 31.5. The molecule has 0 spiro atoms. The molecule has 40 heavy (non-hydrogen) atoms. The summed E-state index contributed by atoms with van der Waals surface area (Å²) in [5.41, 5.74) is 2.82. The van der Waals surface area contributed by atoms with Crippen LogP contribution in [0.25, 0.3) is 0 Å². The molecule has 0 aromatic heterocycles. The molecule has 0 heterocycles. The van der Waals surface area contributed by atoms with Crippen molar-refractivity contribution in [2.45, 2.75) is 28.9 Å². The quantitative estimate of drug-likeness (QED) is 0.218. The van der Waals surface area contributed by atoms with E-state index in [-0.39, 0.29) is 15.5 Å². The van der Waals surface area contributed by atoms with Gasteiger partial charge in [0, 0.05) is 24.7 Å². The summed E-state index contributed by atoms with van der Waals surface area (Å²) in [4.78, 5) is 13.1. The maximum Gasteiger partial charge on any atom is 0.341 e. The van der Waals surface area contributed by atoms with E-state index < -0.39 is 28.5 Å². The predicted molar refractivity (Wildman–Crippen MR) is 153 cm³/mol. The summed E-state index contributed by atoms with van der Waals surface area (Å²) in [6.07, 6.45) is -0.0707. The smallest absolute Gasteiger partial charge is 0.341 e. The van der Waals surface area contributed by atoms with Crippen LogP contribution in [-0.4, -0.2) is 49.2 Å². The van der Waals surface area contributed by atoms with E-state index in [2.05, 4.69) is 4.90 Å². The number of carboxylic acids is 1. The summed E-state index contributed by atoms with van der Waals surface area (Å²) in [7, 11) is -3.82.